The van der Waals surface area contributed by atoms with Gasteiger partial charge in [-0.2, -0.15) is 0 Å². The molecule has 0 spiro atoms. The Morgan fingerprint density at radius 1 is 0.371 bits per heavy atom. The fourth-order valence-corrected chi connectivity index (χ4v) is 9.29. The Labute approximate surface area is 360 Å². The highest BCUT2D eigenvalue weighted by Crippen LogP contribution is 2.56. The van der Waals surface area contributed by atoms with Crippen LogP contribution in [0, 0.1) is 0 Å². The second-order valence-electron chi connectivity index (χ2n) is 15.7. The quantitative estimate of drug-likeness (QED) is 0.160. The fourth-order valence-electron chi connectivity index (χ4n) is 9.29. The summed E-state index contributed by atoms with van der Waals surface area (Å²) in [7, 11) is 0. The van der Waals surface area contributed by atoms with Gasteiger partial charge in [-0.25, -0.2) is 0 Å². The van der Waals surface area contributed by atoms with Crippen LogP contribution in [-0.2, 0) is 0 Å². The molecular formula is C58H39N3O. The van der Waals surface area contributed by atoms with Crippen LogP contribution in [0.4, 0.5) is 34.3 Å². The van der Waals surface area contributed by atoms with Gasteiger partial charge in [0.2, 0.25) is 0 Å². The highest BCUT2D eigenvalue weighted by molar-refractivity contribution is 6.02. The summed E-state index contributed by atoms with van der Waals surface area (Å²) in [5, 5.41) is 6.01. The highest BCUT2D eigenvalue weighted by Gasteiger charge is 2.34. The minimum Gasteiger partial charge on any atom is -0.451 e. The van der Waals surface area contributed by atoms with Crippen molar-refractivity contribution < 1.29 is 4.74 Å². The maximum Gasteiger partial charge on any atom is 0.178 e. The van der Waals surface area contributed by atoms with E-state index in [0.29, 0.717) is 0 Å². The molecule has 62 heavy (non-hydrogen) atoms. The lowest BCUT2D eigenvalue weighted by Gasteiger charge is -2.34. The van der Waals surface area contributed by atoms with Gasteiger partial charge < -0.3 is 9.64 Å². The molecule has 0 aliphatic carbocycles. The van der Waals surface area contributed by atoms with Crippen LogP contribution in [0.5, 0.6) is 11.5 Å². The SMILES string of the molecule is c1ccc(N2c3cc(N(c4ccc(-c5cccc6ccccc56)cc4)c4ccc(-c5cccc6ccccc56)cc4)ccc3Oc3c2n(-c2ccccc2)c2ccccc32)cc1. The van der Waals surface area contributed by atoms with E-state index in [2.05, 4.69) is 251 Å². The van der Waals surface area contributed by atoms with Crippen molar-refractivity contribution >= 4 is 66.7 Å². The van der Waals surface area contributed by atoms with Crippen molar-refractivity contribution in [2.45, 2.75) is 0 Å². The van der Waals surface area contributed by atoms with Crippen molar-refractivity contribution in [1.29, 1.82) is 0 Å². The third-order valence-electron chi connectivity index (χ3n) is 12.2. The number of nitrogens with zero attached hydrogens (tertiary/aromatic N) is 3. The third-order valence-corrected chi connectivity index (χ3v) is 12.2. The minimum absolute atomic E-state index is 0.790. The minimum atomic E-state index is 0.790. The number of hydrogen-bond donors (Lipinski definition) is 0. The van der Waals surface area contributed by atoms with Crippen LogP contribution in [0.3, 0.4) is 0 Å². The van der Waals surface area contributed by atoms with Gasteiger partial charge in [-0.3, -0.25) is 9.47 Å². The van der Waals surface area contributed by atoms with Gasteiger partial charge in [0.1, 0.15) is 0 Å². The molecule has 0 unspecified atom stereocenters. The maximum atomic E-state index is 7.01. The summed E-state index contributed by atoms with van der Waals surface area (Å²) in [6.07, 6.45) is 0. The van der Waals surface area contributed by atoms with Gasteiger partial charge in [0, 0.05) is 33.8 Å². The molecule has 0 N–H and O–H groups in total. The molecule has 0 saturated carbocycles. The summed E-state index contributed by atoms with van der Waals surface area (Å²) in [4.78, 5) is 4.71. The first-order chi connectivity index (χ1) is 30.8. The normalized spacial score (nSPS) is 12.0. The summed E-state index contributed by atoms with van der Waals surface area (Å²) in [5.74, 6) is 2.58. The number of fused-ring (bicyclic) bond motifs is 6. The molecule has 0 saturated heterocycles. The number of rotatable bonds is 7. The molecule has 292 valence electrons. The van der Waals surface area contributed by atoms with Crippen molar-refractivity contribution in [3.05, 3.63) is 237 Å². The number of para-hydroxylation sites is 3. The maximum absolute atomic E-state index is 7.01. The Hall–Kier alpha value is -8.34. The average Bonchev–Trinajstić information content (AvgIpc) is 3.67. The van der Waals surface area contributed by atoms with E-state index in [1.54, 1.807) is 0 Å². The van der Waals surface area contributed by atoms with E-state index in [1.807, 2.05) is 0 Å². The van der Waals surface area contributed by atoms with Crippen molar-refractivity contribution in [2.75, 3.05) is 9.80 Å². The van der Waals surface area contributed by atoms with Gasteiger partial charge in [-0.15, -0.1) is 0 Å². The molecule has 0 atom stereocenters. The Kier molecular flexibility index (Phi) is 8.46. The molecule has 4 nitrogen and oxygen atoms in total. The summed E-state index contributed by atoms with van der Waals surface area (Å²) in [6, 6.07) is 84.5. The van der Waals surface area contributed by atoms with Crippen molar-refractivity contribution in [1.82, 2.24) is 4.57 Å². The molecule has 12 rings (SSSR count). The zero-order valence-electron chi connectivity index (χ0n) is 33.8. The van der Waals surface area contributed by atoms with E-state index in [9.17, 15) is 0 Å². The van der Waals surface area contributed by atoms with Crippen molar-refractivity contribution in [2.24, 2.45) is 0 Å². The first-order valence-corrected chi connectivity index (χ1v) is 21.1. The van der Waals surface area contributed by atoms with E-state index in [4.69, 9.17) is 4.74 Å². The van der Waals surface area contributed by atoms with E-state index in [1.165, 1.54) is 43.8 Å². The first kappa shape index (κ1) is 35.6. The van der Waals surface area contributed by atoms with Crippen molar-refractivity contribution in [3.8, 4) is 39.4 Å². The average molecular weight is 794 g/mol. The van der Waals surface area contributed by atoms with Crippen LogP contribution in [0.2, 0.25) is 0 Å². The van der Waals surface area contributed by atoms with Crippen LogP contribution in [0.25, 0.3) is 60.4 Å². The Bertz CT molecular complexity index is 3300. The Balaban J connectivity index is 1.04. The molecule has 2 heterocycles. The molecule has 1 aliphatic rings. The molecule has 0 radical (unpaired) electrons. The Morgan fingerprint density at radius 2 is 0.855 bits per heavy atom. The third kappa shape index (κ3) is 5.92. The van der Waals surface area contributed by atoms with Gasteiger partial charge in [-0.1, -0.05) is 158 Å². The van der Waals surface area contributed by atoms with Crippen LogP contribution in [0.15, 0.2) is 237 Å². The fraction of sp³-hybridized carbons (Fsp3) is 0. The lowest BCUT2D eigenvalue weighted by molar-refractivity contribution is 0.481. The zero-order valence-corrected chi connectivity index (χ0v) is 33.8. The topological polar surface area (TPSA) is 20.6 Å². The molecule has 0 fully saturated rings. The summed E-state index contributed by atoms with van der Waals surface area (Å²) in [5.41, 5.74) is 12.0. The highest BCUT2D eigenvalue weighted by atomic mass is 16.5. The van der Waals surface area contributed by atoms with Gasteiger partial charge in [0.05, 0.1) is 11.2 Å². The van der Waals surface area contributed by atoms with Crippen LogP contribution < -0.4 is 14.5 Å². The second-order valence-corrected chi connectivity index (χ2v) is 15.7. The van der Waals surface area contributed by atoms with Gasteiger partial charge in [0.15, 0.2) is 17.3 Å². The molecule has 0 bridgehead atoms. The number of benzene rings is 10. The predicted molar refractivity (Wildman–Crippen MR) is 259 cm³/mol. The predicted octanol–water partition coefficient (Wildman–Crippen LogP) is 16.3. The number of hydrogen-bond acceptors (Lipinski definition) is 3. The molecule has 10 aromatic carbocycles. The number of ether oxygens (including phenoxy) is 1. The monoisotopic (exact) mass is 793 g/mol. The summed E-state index contributed by atoms with van der Waals surface area (Å²) < 4.78 is 9.33. The zero-order chi connectivity index (χ0) is 41.0. The molecule has 1 aliphatic heterocycles. The van der Waals surface area contributed by atoms with Crippen LogP contribution in [0.1, 0.15) is 0 Å². The molecule has 11 aromatic rings. The number of anilines is 6. The Morgan fingerprint density at radius 3 is 1.45 bits per heavy atom. The summed E-state index contributed by atoms with van der Waals surface area (Å²) in [6.45, 7) is 0. The van der Waals surface area contributed by atoms with Gasteiger partial charge >= 0.3 is 0 Å². The first-order valence-electron chi connectivity index (χ1n) is 21.1. The van der Waals surface area contributed by atoms with E-state index in [-0.39, 0.29) is 0 Å². The number of aromatic nitrogens is 1. The summed E-state index contributed by atoms with van der Waals surface area (Å²) >= 11 is 0. The van der Waals surface area contributed by atoms with E-state index in [0.717, 1.165) is 62.3 Å². The smallest absolute Gasteiger partial charge is 0.178 e. The molecule has 0 amide bonds. The molecule has 1 aromatic heterocycles. The lowest BCUT2D eigenvalue weighted by Crippen LogP contribution is -2.19. The van der Waals surface area contributed by atoms with Gasteiger partial charge in [-0.05, 0) is 123 Å². The second kappa shape index (κ2) is 14.7. The standard InChI is InChI=1S/C58H39N3O/c1-3-19-44(20-4-1)60-54-28-12-11-25-53(54)57-58(60)61(45-21-5-2-6-22-45)55-39-48(37-38-56(55)62-57)59(46-33-29-42(30-34-46)51-26-13-17-40-15-7-9-23-49(40)51)47-35-31-43(32-36-47)52-27-14-18-41-16-8-10-24-50(41)52/h1-39H. The largest absolute Gasteiger partial charge is 0.451 e. The molecule has 4 heteroatoms. The van der Waals surface area contributed by atoms with E-state index >= 15 is 0 Å². The van der Waals surface area contributed by atoms with Gasteiger partial charge in [0.25, 0.3) is 0 Å². The van der Waals surface area contributed by atoms with E-state index < -0.39 is 0 Å². The van der Waals surface area contributed by atoms with Crippen LogP contribution in [-0.4, -0.2) is 4.57 Å². The lowest BCUT2D eigenvalue weighted by atomic mass is 9.97. The van der Waals surface area contributed by atoms with Crippen molar-refractivity contribution in [3.63, 3.8) is 0 Å². The van der Waals surface area contributed by atoms with Crippen LogP contribution >= 0.6 is 0 Å². The molecular weight excluding hydrogens is 755 g/mol.